The predicted molar refractivity (Wildman–Crippen MR) is 74.7 cm³/mol. The Bertz CT molecular complexity index is 685. The summed E-state index contributed by atoms with van der Waals surface area (Å²) >= 11 is 1.64. The number of aryl methyl sites for hydroxylation is 1. The lowest BCUT2D eigenvalue weighted by molar-refractivity contribution is 1.05. The maximum atomic E-state index is 5.72. The molecular weight excluding hydrogens is 246 g/mol. The monoisotopic (exact) mass is 259 g/mol. The van der Waals surface area contributed by atoms with Gasteiger partial charge in [0.05, 0.1) is 17.6 Å². The molecule has 0 saturated carbocycles. The van der Waals surface area contributed by atoms with E-state index < -0.39 is 0 Å². The normalized spacial score (nSPS) is 10.9. The second-order valence-corrected chi connectivity index (χ2v) is 5.04. The fourth-order valence-corrected chi connectivity index (χ4v) is 2.47. The number of aromatic nitrogens is 3. The minimum Gasteiger partial charge on any atom is -0.399 e. The van der Waals surface area contributed by atoms with Crippen molar-refractivity contribution >= 4 is 34.0 Å². The van der Waals surface area contributed by atoms with Gasteiger partial charge in [-0.1, -0.05) is 0 Å². The van der Waals surface area contributed by atoms with Crippen LogP contribution >= 0.6 is 11.3 Å². The summed E-state index contributed by atoms with van der Waals surface area (Å²) in [6.07, 6.45) is 0. The number of thiazole rings is 1. The number of aromatic amines is 1. The van der Waals surface area contributed by atoms with Crippen LogP contribution in [0.2, 0.25) is 0 Å². The number of benzene rings is 1. The highest BCUT2D eigenvalue weighted by Crippen LogP contribution is 2.18. The highest BCUT2D eigenvalue weighted by molar-refractivity contribution is 7.09. The van der Waals surface area contributed by atoms with Crippen LogP contribution in [-0.2, 0) is 6.54 Å². The summed E-state index contributed by atoms with van der Waals surface area (Å²) in [4.78, 5) is 12.0. The number of hydrogen-bond acceptors (Lipinski definition) is 5. The Morgan fingerprint density at radius 2 is 2.28 bits per heavy atom. The van der Waals surface area contributed by atoms with Gasteiger partial charge in [0.2, 0.25) is 5.95 Å². The molecule has 6 heteroatoms. The molecular formula is C12H13N5S. The van der Waals surface area contributed by atoms with Crippen LogP contribution in [0.1, 0.15) is 10.7 Å². The van der Waals surface area contributed by atoms with Gasteiger partial charge in [0.25, 0.3) is 0 Å². The molecule has 0 aliphatic heterocycles. The molecule has 0 aliphatic rings. The zero-order valence-corrected chi connectivity index (χ0v) is 10.7. The molecule has 0 radical (unpaired) electrons. The average Bonchev–Trinajstić information content (AvgIpc) is 2.92. The van der Waals surface area contributed by atoms with Crippen molar-refractivity contribution in [1.82, 2.24) is 15.0 Å². The number of nitrogens with zero attached hydrogens (tertiary/aromatic N) is 2. The summed E-state index contributed by atoms with van der Waals surface area (Å²) in [6.45, 7) is 2.66. The zero-order chi connectivity index (χ0) is 12.5. The largest absolute Gasteiger partial charge is 0.399 e. The van der Waals surface area contributed by atoms with Crippen LogP contribution in [0.3, 0.4) is 0 Å². The molecule has 92 valence electrons. The molecule has 0 bridgehead atoms. The minimum atomic E-state index is 0.674. The number of H-pyrrole nitrogens is 1. The van der Waals surface area contributed by atoms with Crippen LogP contribution in [0.5, 0.6) is 0 Å². The third-order valence-corrected chi connectivity index (χ3v) is 3.55. The minimum absolute atomic E-state index is 0.674. The van der Waals surface area contributed by atoms with Gasteiger partial charge in [0.1, 0.15) is 5.01 Å². The molecule has 0 fully saturated rings. The molecule has 4 N–H and O–H groups in total. The Morgan fingerprint density at radius 1 is 1.39 bits per heavy atom. The SMILES string of the molecule is Cc1csc(CNc2nc3ccc(N)cc3[nH]2)n1. The average molecular weight is 259 g/mol. The number of rotatable bonds is 3. The maximum Gasteiger partial charge on any atom is 0.201 e. The first-order chi connectivity index (χ1) is 8.70. The fraction of sp³-hybridized carbons (Fsp3) is 0.167. The standard InChI is InChI=1S/C12H13N5S/c1-7-6-18-11(15-7)5-14-12-16-9-3-2-8(13)4-10(9)17-12/h2-4,6H,5,13H2,1H3,(H2,14,16,17). The number of imidazole rings is 1. The molecule has 2 heterocycles. The summed E-state index contributed by atoms with van der Waals surface area (Å²) < 4.78 is 0. The van der Waals surface area contributed by atoms with E-state index in [-0.39, 0.29) is 0 Å². The van der Waals surface area contributed by atoms with Crippen molar-refractivity contribution in [2.45, 2.75) is 13.5 Å². The van der Waals surface area contributed by atoms with Gasteiger partial charge in [-0.3, -0.25) is 0 Å². The van der Waals surface area contributed by atoms with E-state index in [1.165, 1.54) is 0 Å². The summed E-state index contributed by atoms with van der Waals surface area (Å²) in [5.41, 5.74) is 9.35. The zero-order valence-electron chi connectivity index (χ0n) is 9.90. The highest BCUT2D eigenvalue weighted by atomic mass is 32.1. The van der Waals surface area contributed by atoms with Gasteiger partial charge < -0.3 is 16.0 Å². The topological polar surface area (TPSA) is 79.6 Å². The predicted octanol–water partition coefficient (Wildman–Crippen LogP) is 2.52. The number of fused-ring (bicyclic) bond motifs is 1. The molecule has 0 saturated heterocycles. The Morgan fingerprint density at radius 3 is 3.06 bits per heavy atom. The van der Waals surface area contributed by atoms with E-state index in [0.29, 0.717) is 6.54 Å². The number of hydrogen-bond donors (Lipinski definition) is 3. The van der Waals surface area contributed by atoms with Crippen molar-refractivity contribution in [3.05, 3.63) is 34.3 Å². The van der Waals surface area contributed by atoms with Crippen molar-refractivity contribution in [3.8, 4) is 0 Å². The molecule has 5 nitrogen and oxygen atoms in total. The number of nitrogens with one attached hydrogen (secondary N) is 2. The molecule has 0 spiro atoms. The molecule has 0 atom stereocenters. The van der Waals surface area contributed by atoms with Crippen molar-refractivity contribution in [1.29, 1.82) is 0 Å². The van der Waals surface area contributed by atoms with Crippen molar-refractivity contribution in [2.75, 3.05) is 11.1 Å². The first-order valence-corrected chi connectivity index (χ1v) is 6.49. The van der Waals surface area contributed by atoms with E-state index in [1.807, 2.05) is 30.5 Å². The van der Waals surface area contributed by atoms with E-state index in [4.69, 9.17) is 5.73 Å². The first kappa shape index (κ1) is 11.0. The van der Waals surface area contributed by atoms with E-state index in [1.54, 1.807) is 11.3 Å². The van der Waals surface area contributed by atoms with Crippen LogP contribution in [0.25, 0.3) is 11.0 Å². The van der Waals surface area contributed by atoms with E-state index >= 15 is 0 Å². The maximum absolute atomic E-state index is 5.72. The van der Waals surface area contributed by atoms with Gasteiger partial charge in [-0.2, -0.15) is 0 Å². The molecule has 0 aliphatic carbocycles. The lowest BCUT2D eigenvalue weighted by Gasteiger charge is -1.97. The summed E-state index contributed by atoms with van der Waals surface area (Å²) in [6, 6.07) is 5.62. The number of anilines is 2. The van der Waals surface area contributed by atoms with E-state index in [9.17, 15) is 0 Å². The van der Waals surface area contributed by atoms with Gasteiger partial charge in [0, 0.05) is 16.8 Å². The summed E-state index contributed by atoms with van der Waals surface area (Å²) in [5.74, 6) is 0.739. The second kappa shape index (κ2) is 4.30. The molecule has 0 unspecified atom stereocenters. The number of nitrogens with two attached hydrogens (primary N) is 1. The van der Waals surface area contributed by atoms with Gasteiger partial charge in [-0.15, -0.1) is 11.3 Å². The summed E-state index contributed by atoms with van der Waals surface area (Å²) in [7, 11) is 0. The Labute approximate surface area is 108 Å². The van der Waals surface area contributed by atoms with Crippen molar-refractivity contribution in [2.24, 2.45) is 0 Å². The smallest absolute Gasteiger partial charge is 0.201 e. The van der Waals surface area contributed by atoms with Gasteiger partial charge in [0.15, 0.2) is 0 Å². The Balaban J connectivity index is 1.78. The Hall–Kier alpha value is -2.08. The van der Waals surface area contributed by atoms with Crippen molar-refractivity contribution in [3.63, 3.8) is 0 Å². The van der Waals surface area contributed by atoms with Gasteiger partial charge >= 0.3 is 0 Å². The van der Waals surface area contributed by atoms with Crippen LogP contribution in [0.15, 0.2) is 23.6 Å². The van der Waals surface area contributed by atoms with Gasteiger partial charge in [-0.05, 0) is 25.1 Å². The highest BCUT2D eigenvalue weighted by Gasteiger charge is 2.04. The summed E-state index contributed by atoms with van der Waals surface area (Å²) in [5, 5.41) is 6.31. The van der Waals surface area contributed by atoms with Crippen LogP contribution in [0.4, 0.5) is 11.6 Å². The third-order valence-electron chi connectivity index (χ3n) is 2.58. The third kappa shape index (κ3) is 2.14. The molecule has 0 amide bonds. The van der Waals surface area contributed by atoms with E-state index in [2.05, 4.69) is 20.3 Å². The van der Waals surface area contributed by atoms with Crippen LogP contribution in [-0.4, -0.2) is 15.0 Å². The number of nitrogen functional groups attached to an aromatic ring is 1. The van der Waals surface area contributed by atoms with Crippen LogP contribution in [0, 0.1) is 6.92 Å². The molecule has 3 rings (SSSR count). The molecule has 18 heavy (non-hydrogen) atoms. The van der Waals surface area contributed by atoms with Crippen LogP contribution < -0.4 is 11.1 Å². The van der Waals surface area contributed by atoms with Crippen molar-refractivity contribution < 1.29 is 0 Å². The Kier molecular flexibility index (Phi) is 2.64. The lowest BCUT2D eigenvalue weighted by atomic mass is 10.3. The quantitative estimate of drug-likeness (QED) is 0.631. The second-order valence-electron chi connectivity index (χ2n) is 4.10. The first-order valence-electron chi connectivity index (χ1n) is 5.61. The molecule has 2 aromatic heterocycles. The fourth-order valence-electron chi connectivity index (χ4n) is 1.75. The molecule has 1 aromatic carbocycles. The molecule has 3 aromatic rings. The van der Waals surface area contributed by atoms with E-state index in [0.717, 1.165) is 33.4 Å². The lowest BCUT2D eigenvalue weighted by Crippen LogP contribution is -2.00. The van der Waals surface area contributed by atoms with Gasteiger partial charge in [-0.25, -0.2) is 9.97 Å².